The number of fused-ring (bicyclic) bond motifs is 1. The van der Waals surface area contributed by atoms with Crippen molar-refractivity contribution in [1.82, 2.24) is 14.4 Å². The number of aromatic nitrogens is 3. The molecular weight excluding hydrogens is 388 g/mol. The number of methoxy groups -OCH3 is 2. The van der Waals surface area contributed by atoms with Gasteiger partial charge < -0.3 is 14.8 Å². The van der Waals surface area contributed by atoms with Gasteiger partial charge in [-0.1, -0.05) is 50.3 Å². The Hall–Kier alpha value is -3.25. The van der Waals surface area contributed by atoms with Gasteiger partial charge >= 0.3 is 0 Å². The summed E-state index contributed by atoms with van der Waals surface area (Å²) in [6.07, 6.45) is 10.5. The van der Waals surface area contributed by atoms with E-state index < -0.39 is 0 Å². The fourth-order valence-electron chi connectivity index (χ4n) is 2.66. The third-order valence-corrected chi connectivity index (χ3v) is 4.06. The molecule has 3 aromatic rings. The van der Waals surface area contributed by atoms with Gasteiger partial charge in [0.1, 0.15) is 11.5 Å². The van der Waals surface area contributed by atoms with Crippen molar-refractivity contribution < 1.29 is 9.47 Å². The predicted molar refractivity (Wildman–Crippen MR) is 120 cm³/mol. The second-order valence-electron chi connectivity index (χ2n) is 5.45. The summed E-state index contributed by atoms with van der Waals surface area (Å²) in [5.41, 5.74) is 4.51. The predicted octanol–water partition coefficient (Wildman–Crippen LogP) is 5.84. The molecule has 0 fully saturated rings. The second kappa shape index (κ2) is 10.9. The number of nitrogens with one attached hydrogen (secondary N) is 1. The number of ether oxygens (including phenoxy) is 2. The zero-order chi connectivity index (χ0) is 21.2. The van der Waals surface area contributed by atoms with Gasteiger partial charge in [-0.3, -0.25) is 9.38 Å². The SMILES string of the molecule is C=C/C(=C\C=C\Cl)c1nc2cnccn2c1Nc1ccc(OC)c(OC)c1.CC. The van der Waals surface area contributed by atoms with E-state index in [1.165, 1.54) is 5.54 Å². The summed E-state index contributed by atoms with van der Waals surface area (Å²) >= 11 is 5.66. The zero-order valence-corrected chi connectivity index (χ0v) is 17.8. The van der Waals surface area contributed by atoms with E-state index in [9.17, 15) is 0 Å². The average molecular weight is 413 g/mol. The van der Waals surface area contributed by atoms with Gasteiger partial charge in [0.05, 0.1) is 20.4 Å². The summed E-state index contributed by atoms with van der Waals surface area (Å²) in [4.78, 5) is 8.82. The van der Waals surface area contributed by atoms with E-state index >= 15 is 0 Å². The van der Waals surface area contributed by atoms with Crippen molar-refractivity contribution in [3.05, 3.63) is 72.8 Å². The van der Waals surface area contributed by atoms with Crippen LogP contribution in [0.5, 0.6) is 11.5 Å². The van der Waals surface area contributed by atoms with Crippen LogP contribution in [0.4, 0.5) is 11.5 Å². The van der Waals surface area contributed by atoms with Crippen molar-refractivity contribution in [2.75, 3.05) is 19.5 Å². The van der Waals surface area contributed by atoms with E-state index in [0.29, 0.717) is 17.1 Å². The van der Waals surface area contributed by atoms with Crippen LogP contribution in [0, 0.1) is 0 Å². The first-order valence-electron chi connectivity index (χ1n) is 9.12. The minimum absolute atomic E-state index is 0.629. The van der Waals surface area contributed by atoms with Crippen LogP contribution >= 0.6 is 11.6 Å². The van der Waals surface area contributed by atoms with Crippen molar-refractivity contribution in [3.8, 4) is 11.5 Å². The average Bonchev–Trinajstić information content (AvgIpc) is 3.14. The molecule has 3 rings (SSSR count). The Morgan fingerprint density at radius 2 is 1.97 bits per heavy atom. The minimum Gasteiger partial charge on any atom is -0.493 e. The molecule has 2 aromatic heterocycles. The molecule has 29 heavy (non-hydrogen) atoms. The smallest absolute Gasteiger partial charge is 0.162 e. The van der Waals surface area contributed by atoms with E-state index in [1.807, 2.05) is 48.7 Å². The van der Waals surface area contributed by atoms with Crippen LogP contribution in [0.2, 0.25) is 0 Å². The Morgan fingerprint density at radius 3 is 2.62 bits per heavy atom. The lowest BCUT2D eigenvalue weighted by Gasteiger charge is -2.12. The second-order valence-corrected chi connectivity index (χ2v) is 5.70. The van der Waals surface area contributed by atoms with Gasteiger partial charge in [-0.2, -0.15) is 0 Å². The molecule has 7 heteroatoms. The first-order valence-corrected chi connectivity index (χ1v) is 9.56. The van der Waals surface area contributed by atoms with E-state index in [-0.39, 0.29) is 0 Å². The third kappa shape index (κ3) is 4.97. The number of rotatable bonds is 7. The number of hydrogen-bond donors (Lipinski definition) is 1. The number of imidazole rings is 1. The van der Waals surface area contributed by atoms with Gasteiger partial charge in [0.2, 0.25) is 0 Å². The summed E-state index contributed by atoms with van der Waals surface area (Å²) < 4.78 is 12.6. The number of nitrogens with zero attached hydrogens (tertiary/aromatic N) is 3. The largest absolute Gasteiger partial charge is 0.493 e. The molecule has 0 spiro atoms. The van der Waals surface area contributed by atoms with E-state index in [4.69, 9.17) is 21.1 Å². The quantitative estimate of drug-likeness (QED) is 0.494. The van der Waals surface area contributed by atoms with Gasteiger partial charge in [-0.15, -0.1) is 0 Å². The van der Waals surface area contributed by atoms with Gasteiger partial charge in [0, 0.05) is 35.3 Å². The van der Waals surface area contributed by atoms with E-state index in [2.05, 4.69) is 21.9 Å². The molecule has 152 valence electrons. The molecule has 0 amide bonds. The number of halogens is 1. The molecule has 1 aromatic carbocycles. The van der Waals surface area contributed by atoms with Gasteiger partial charge in [-0.05, 0) is 12.1 Å². The third-order valence-electron chi connectivity index (χ3n) is 3.92. The molecule has 0 saturated heterocycles. The number of benzene rings is 1. The summed E-state index contributed by atoms with van der Waals surface area (Å²) in [6.45, 7) is 7.88. The number of allylic oxidation sites excluding steroid dienone is 4. The van der Waals surface area contributed by atoms with Crippen LogP contribution in [0.1, 0.15) is 19.5 Å². The molecular formula is C22H25ClN4O2. The topological polar surface area (TPSA) is 60.7 Å². The molecule has 0 unspecified atom stereocenters. The zero-order valence-electron chi connectivity index (χ0n) is 17.0. The maximum absolute atomic E-state index is 5.66. The van der Waals surface area contributed by atoms with E-state index in [0.717, 1.165) is 22.8 Å². The molecule has 0 radical (unpaired) electrons. The van der Waals surface area contributed by atoms with Gasteiger partial charge in [0.25, 0.3) is 0 Å². The Balaban J connectivity index is 0.00000145. The number of hydrogen-bond acceptors (Lipinski definition) is 5. The van der Waals surface area contributed by atoms with Gasteiger partial charge in [0.15, 0.2) is 17.1 Å². The Labute approximate surface area is 176 Å². The summed E-state index contributed by atoms with van der Waals surface area (Å²) in [5, 5.41) is 3.40. The van der Waals surface area contributed by atoms with Crippen LogP contribution < -0.4 is 14.8 Å². The maximum Gasteiger partial charge on any atom is 0.162 e. The summed E-state index contributed by atoms with van der Waals surface area (Å²) in [7, 11) is 3.20. The lowest BCUT2D eigenvalue weighted by Crippen LogP contribution is -1.99. The molecule has 1 N–H and O–H groups in total. The maximum atomic E-state index is 5.66. The highest BCUT2D eigenvalue weighted by Gasteiger charge is 2.15. The van der Waals surface area contributed by atoms with Crippen molar-refractivity contribution in [3.63, 3.8) is 0 Å². The first kappa shape index (κ1) is 22.0. The lowest BCUT2D eigenvalue weighted by molar-refractivity contribution is 0.355. The Morgan fingerprint density at radius 1 is 1.21 bits per heavy atom. The first-order chi connectivity index (χ1) is 14.2. The highest BCUT2D eigenvalue weighted by molar-refractivity contribution is 6.25. The fraction of sp³-hybridized carbons (Fsp3) is 0.182. The molecule has 0 aliphatic rings. The van der Waals surface area contributed by atoms with Crippen molar-refractivity contribution in [2.45, 2.75) is 13.8 Å². The summed E-state index contributed by atoms with van der Waals surface area (Å²) in [5.74, 6) is 2.06. The molecule has 2 heterocycles. The molecule has 0 aliphatic carbocycles. The van der Waals surface area contributed by atoms with Crippen LogP contribution in [0.15, 0.2) is 67.1 Å². The van der Waals surface area contributed by atoms with Crippen molar-refractivity contribution in [1.29, 1.82) is 0 Å². The Bertz CT molecular complexity index is 1020. The molecule has 0 bridgehead atoms. The van der Waals surface area contributed by atoms with Crippen molar-refractivity contribution in [2.24, 2.45) is 0 Å². The van der Waals surface area contributed by atoms with Crippen LogP contribution in [0.3, 0.4) is 0 Å². The van der Waals surface area contributed by atoms with Gasteiger partial charge in [-0.25, -0.2) is 4.98 Å². The fourth-order valence-corrected chi connectivity index (χ4v) is 2.73. The van der Waals surface area contributed by atoms with Crippen molar-refractivity contribution >= 4 is 34.3 Å². The molecule has 0 saturated carbocycles. The normalized spacial score (nSPS) is 11.1. The monoisotopic (exact) mass is 412 g/mol. The number of anilines is 2. The molecule has 6 nitrogen and oxygen atoms in total. The minimum atomic E-state index is 0.629. The molecule has 0 aliphatic heterocycles. The summed E-state index contributed by atoms with van der Waals surface area (Å²) in [6, 6.07) is 5.60. The standard InChI is InChI=1S/C20H19ClN4O2.C2H6/c1-4-14(6-5-9-21)19-20(25-11-10-22-13-18(25)24-19)23-15-7-8-16(26-2)17(12-15)27-3;1-2/h4-13,23H,1H2,2-3H3;1-2H3/b9-5+,14-6+;. The van der Waals surface area contributed by atoms with Crippen LogP contribution in [0.25, 0.3) is 11.2 Å². The van der Waals surface area contributed by atoms with Crippen LogP contribution in [-0.4, -0.2) is 28.6 Å². The molecule has 0 atom stereocenters. The van der Waals surface area contributed by atoms with Crippen LogP contribution in [-0.2, 0) is 0 Å². The highest BCUT2D eigenvalue weighted by Crippen LogP contribution is 2.33. The highest BCUT2D eigenvalue weighted by atomic mass is 35.5. The Kier molecular flexibility index (Phi) is 8.30. The van der Waals surface area contributed by atoms with E-state index in [1.54, 1.807) is 38.8 Å². The lowest BCUT2D eigenvalue weighted by atomic mass is 10.1.